The molecule has 2 fully saturated rings. The third-order valence-electron chi connectivity index (χ3n) is 5.97. The summed E-state index contributed by atoms with van der Waals surface area (Å²) in [7, 11) is 0. The Hall–Kier alpha value is -1.39. The molecule has 0 spiro atoms. The van der Waals surface area contributed by atoms with E-state index in [0.29, 0.717) is 19.5 Å². The Balaban J connectivity index is 0.00000193. The van der Waals surface area contributed by atoms with Crippen LogP contribution in [-0.2, 0) is 4.74 Å². The molecule has 2 aliphatic rings. The first-order valence-corrected chi connectivity index (χ1v) is 11.9. The summed E-state index contributed by atoms with van der Waals surface area (Å²) in [6.07, 6.45) is 0.502. The molecular formula is C24H30Cl2IN3O3. The van der Waals surface area contributed by atoms with Gasteiger partial charge in [-0.05, 0) is 71.1 Å². The lowest BCUT2D eigenvalue weighted by Gasteiger charge is -2.34. The molecule has 9 heteroatoms. The number of morpholine rings is 1. The fourth-order valence-electron chi connectivity index (χ4n) is 4.03. The summed E-state index contributed by atoms with van der Waals surface area (Å²) in [5, 5.41) is 0. The van der Waals surface area contributed by atoms with Crippen LogP contribution in [0.15, 0.2) is 48.5 Å². The van der Waals surface area contributed by atoms with Gasteiger partial charge >= 0.3 is 0 Å². The van der Waals surface area contributed by atoms with Gasteiger partial charge in [-0.25, -0.2) is 0 Å². The number of nitrogens with zero attached hydrogens (tertiary/aromatic N) is 3. The number of rotatable bonds is 6. The number of Topliss-reactive ketones (excluding diaryl/α,β-unsaturated/α-hetero) is 1. The molecule has 0 radical (unpaired) electrons. The Morgan fingerprint density at radius 1 is 0.788 bits per heavy atom. The average Bonchev–Trinajstić information content (AvgIpc) is 2.83. The van der Waals surface area contributed by atoms with E-state index in [1.54, 1.807) is 0 Å². The van der Waals surface area contributed by atoms with Crippen molar-refractivity contribution in [3.05, 3.63) is 63.2 Å². The van der Waals surface area contributed by atoms with E-state index >= 15 is 0 Å². The van der Waals surface area contributed by atoms with Crippen LogP contribution < -0.4 is 4.90 Å². The van der Waals surface area contributed by atoms with E-state index in [0.717, 1.165) is 66.3 Å². The van der Waals surface area contributed by atoms with Crippen molar-refractivity contribution in [3.8, 4) is 0 Å². The number of ether oxygens (including phenoxy) is 1. The molecule has 0 bridgehead atoms. The standard InChI is InChI=1S/C24H28IN3O3.2ClH/c25-21-5-1-20(2-6-21)24(30)28-13-11-26(12-14-28)10-9-23(29)19-3-7-22(8-4-19)27-15-17-31-18-16-27;;/h1-8H,9-18H2;2*1H. The van der Waals surface area contributed by atoms with Gasteiger partial charge in [0.25, 0.3) is 5.91 Å². The third-order valence-corrected chi connectivity index (χ3v) is 6.69. The molecule has 2 heterocycles. The maximum Gasteiger partial charge on any atom is 0.253 e. The van der Waals surface area contributed by atoms with Gasteiger partial charge in [0, 0.05) is 72.6 Å². The number of piperazine rings is 1. The summed E-state index contributed by atoms with van der Waals surface area (Å²) in [6, 6.07) is 15.6. The van der Waals surface area contributed by atoms with E-state index in [1.807, 2.05) is 53.4 Å². The monoisotopic (exact) mass is 605 g/mol. The molecular weight excluding hydrogens is 576 g/mol. The van der Waals surface area contributed by atoms with Gasteiger partial charge < -0.3 is 14.5 Å². The number of carbonyl (C=O) groups excluding carboxylic acids is 2. The summed E-state index contributed by atoms with van der Waals surface area (Å²) < 4.78 is 6.52. The topological polar surface area (TPSA) is 53.1 Å². The lowest BCUT2D eigenvalue weighted by atomic mass is 10.1. The molecule has 4 rings (SSSR count). The minimum atomic E-state index is 0. The maximum atomic E-state index is 12.7. The second-order valence-electron chi connectivity index (χ2n) is 7.96. The maximum absolute atomic E-state index is 12.7. The van der Waals surface area contributed by atoms with Crippen LogP contribution in [0.25, 0.3) is 0 Å². The molecule has 2 aromatic carbocycles. The van der Waals surface area contributed by atoms with E-state index in [4.69, 9.17) is 4.74 Å². The van der Waals surface area contributed by atoms with Crippen molar-refractivity contribution < 1.29 is 14.3 Å². The number of carbonyl (C=O) groups is 2. The number of hydrogen-bond acceptors (Lipinski definition) is 5. The number of benzene rings is 2. The second kappa shape index (κ2) is 13.5. The first kappa shape index (κ1) is 27.9. The molecule has 0 aromatic heterocycles. The van der Waals surface area contributed by atoms with Gasteiger partial charge in [-0.2, -0.15) is 0 Å². The van der Waals surface area contributed by atoms with Crippen LogP contribution >= 0.6 is 47.4 Å². The number of hydrogen-bond donors (Lipinski definition) is 0. The molecule has 2 aliphatic heterocycles. The van der Waals surface area contributed by atoms with Crippen LogP contribution in [0.3, 0.4) is 0 Å². The van der Waals surface area contributed by atoms with Crippen molar-refractivity contribution in [2.45, 2.75) is 6.42 Å². The predicted molar refractivity (Wildman–Crippen MR) is 144 cm³/mol. The first-order chi connectivity index (χ1) is 15.1. The van der Waals surface area contributed by atoms with Gasteiger partial charge in [-0.3, -0.25) is 14.5 Å². The molecule has 0 N–H and O–H groups in total. The smallest absolute Gasteiger partial charge is 0.253 e. The lowest BCUT2D eigenvalue weighted by molar-refractivity contribution is 0.0628. The molecule has 180 valence electrons. The van der Waals surface area contributed by atoms with Crippen molar-refractivity contribution in [3.63, 3.8) is 0 Å². The van der Waals surface area contributed by atoms with E-state index < -0.39 is 0 Å². The van der Waals surface area contributed by atoms with Crippen molar-refractivity contribution in [2.75, 3.05) is 63.9 Å². The Morgan fingerprint density at radius 3 is 1.97 bits per heavy atom. The largest absolute Gasteiger partial charge is 0.378 e. The van der Waals surface area contributed by atoms with Crippen LogP contribution in [0, 0.1) is 3.57 Å². The third kappa shape index (κ3) is 7.55. The Bertz CT molecular complexity index is 898. The van der Waals surface area contributed by atoms with E-state index in [2.05, 4.69) is 32.4 Å². The lowest BCUT2D eigenvalue weighted by Crippen LogP contribution is -2.49. The molecule has 0 saturated carbocycles. The molecule has 0 atom stereocenters. The number of amides is 1. The van der Waals surface area contributed by atoms with E-state index in [1.165, 1.54) is 0 Å². The Kier molecular flexibility index (Phi) is 11.4. The predicted octanol–water partition coefficient (Wildman–Crippen LogP) is 4.00. The fourth-order valence-corrected chi connectivity index (χ4v) is 4.39. The minimum absolute atomic E-state index is 0. The Morgan fingerprint density at radius 2 is 1.36 bits per heavy atom. The molecule has 33 heavy (non-hydrogen) atoms. The van der Waals surface area contributed by atoms with Crippen molar-refractivity contribution in [1.29, 1.82) is 0 Å². The van der Waals surface area contributed by atoms with Crippen LogP contribution in [-0.4, -0.2) is 80.5 Å². The van der Waals surface area contributed by atoms with Crippen LogP contribution in [0.2, 0.25) is 0 Å². The zero-order valence-corrected chi connectivity index (χ0v) is 22.2. The highest BCUT2D eigenvalue weighted by Crippen LogP contribution is 2.18. The number of anilines is 1. The van der Waals surface area contributed by atoms with Crippen LogP contribution in [0.4, 0.5) is 5.69 Å². The minimum Gasteiger partial charge on any atom is -0.378 e. The van der Waals surface area contributed by atoms with Gasteiger partial charge in [-0.15, -0.1) is 24.8 Å². The van der Waals surface area contributed by atoms with E-state index in [-0.39, 0.29) is 36.5 Å². The van der Waals surface area contributed by atoms with E-state index in [9.17, 15) is 9.59 Å². The molecule has 0 unspecified atom stereocenters. The average molecular weight is 606 g/mol. The first-order valence-electron chi connectivity index (χ1n) is 10.8. The highest BCUT2D eigenvalue weighted by molar-refractivity contribution is 14.1. The summed E-state index contributed by atoms with van der Waals surface area (Å²) >= 11 is 2.24. The quantitative estimate of drug-likeness (QED) is 0.368. The van der Waals surface area contributed by atoms with Gasteiger partial charge in [0.05, 0.1) is 13.2 Å². The molecule has 0 aliphatic carbocycles. The fraction of sp³-hybridized carbons (Fsp3) is 0.417. The molecule has 1 amide bonds. The zero-order valence-electron chi connectivity index (χ0n) is 18.5. The molecule has 2 aromatic rings. The zero-order chi connectivity index (χ0) is 21.6. The molecule has 2 saturated heterocycles. The highest BCUT2D eigenvalue weighted by Gasteiger charge is 2.22. The van der Waals surface area contributed by atoms with Crippen LogP contribution in [0.5, 0.6) is 0 Å². The summed E-state index contributed by atoms with van der Waals surface area (Å²) in [4.78, 5) is 31.8. The molecule has 6 nitrogen and oxygen atoms in total. The van der Waals surface area contributed by atoms with Gasteiger partial charge in [-0.1, -0.05) is 0 Å². The Labute approximate surface area is 221 Å². The summed E-state index contributed by atoms with van der Waals surface area (Å²) in [5.41, 5.74) is 2.66. The number of halogens is 3. The van der Waals surface area contributed by atoms with Crippen molar-refractivity contribution in [1.82, 2.24) is 9.80 Å². The number of ketones is 1. The summed E-state index contributed by atoms with van der Waals surface area (Å²) in [5.74, 6) is 0.262. The summed E-state index contributed by atoms with van der Waals surface area (Å²) in [6.45, 7) is 7.04. The highest BCUT2D eigenvalue weighted by atomic mass is 127. The second-order valence-corrected chi connectivity index (χ2v) is 9.21. The van der Waals surface area contributed by atoms with Crippen molar-refractivity contribution >= 4 is 64.8 Å². The normalized spacial score (nSPS) is 16.5. The van der Waals surface area contributed by atoms with Gasteiger partial charge in [0.1, 0.15) is 0 Å². The van der Waals surface area contributed by atoms with Crippen LogP contribution in [0.1, 0.15) is 27.1 Å². The van der Waals surface area contributed by atoms with Crippen molar-refractivity contribution in [2.24, 2.45) is 0 Å². The SMILES string of the molecule is Cl.Cl.O=C(CCN1CCN(C(=O)c2ccc(I)cc2)CC1)c1ccc(N2CCOCC2)cc1. The van der Waals surface area contributed by atoms with Gasteiger partial charge in [0.15, 0.2) is 5.78 Å². The van der Waals surface area contributed by atoms with Gasteiger partial charge in [0.2, 0.25) is 0 Å².